The van der Waals surface area contributed by atoms with Crippen LogP contribution in [0.5, 0.6) is 0 Å². The normalized spacial score (nSPS) is 16.8. The third kappa shape index (κ3) is 2.31. The minimum absolute atomic E-state index is 0.318. The molecule has 2 amide bonds. The van der Waals surface area contributed by atoms with Crippen LogP contribution in [0.3, 0.4) is 0 Å². The average Bonchev–Trinajstić information content (AvgIpc) is 2.78. The quantitative estimate of drug-likeness (QED) is 0.721. The highest BCUT2D eigenvalue weighted by atomic mass is 16.3. The van der Waals surface area contributed by atoms with Gasteiger partial charge < -0.3 is 20.0 Å². The molecule has 92 valence electrons. The van der Waals surface area contributed by atoms with E-state index in [1.54, 1.807) is 19.2 Å². The summed E-state index contributed by atoms with van der Waals surface area (Å²) in [5.41, 5.74) is 5.43. The Kier molecular flexibility index (Phi) is 3.14. The van der Waals surface area contributed by atoms with Gasteiger partial charge in [0.15, 0.2) is 0 Å². The maximum absolute atomic E-state index is 11.7. The number of carbonyl (C=O) groups is 2. The number of hydrogen-bond donors (Lipinski definition) is 1. The van der Waals surface area contributed by atoms with E-state index in [2.05, 4.69) is 0 Å². The first-order valence-corrected chi connectivity index (χ1v) is 5.44. The Hall–Kier alpha value is -1.82. The van der Waals surface area contributed by atoms with E-state index in [0.717, 1.165) is 0 Å². The molecule has 0 atom stereocenters. The van der Waals surface area contributed by atoms with E-state index in [0.29, 0.717) is 37.7 Å². The Bertz CT molecular complexity index is 441. The second-order valence-electron chi connectivity index (χ2n) is 4.03. The molecule has 0 aromatic carbocycles. The van der Waals surface area contributed by atoms with Gasteiger partial charge in [0.25, 0.3) is 0 Å². The lowest BCUT2D eigenvalue weighted by atomic mass is 10.3. The van der Waals surface area contributed by atoms with Gasteiger partial charge in [-0.2, -0.15) is 0 Å². The van der Waals surface area contributed by atoms with Crippen LogP contribution in [0.15, 0.2) is 16.5 Å². The van der Waals surface area contributed by atoms with Gasteiger partial charge in [-0.3, -0.25) is 9.59 Å². The molecule has 6 nitrogen and oxygen atoms in total. The number of amides is 2. The van der Waals surface area contributed by atoms with Crippen molar-refractivity contribution >= 4 is 11.8 Å². The Morgan fingerprint density at radius 2 is 1.94 bits per heavy atom. The zero-order valence-electron chi connectivity index (χ0n) is 9.68. The molecular weight excluding hydrogens is 222 g/mol. The molecule has 0 aliphatic carbocycles. The van der Waals surface area contributed by atoms with Gasteiger partial charge in [-0.25, -0.2) is 0 Å². The van der Waals surface area contributed by atoms with E-state index in [1.807, 2.05) is 0 Å². The van der Waals surface area contributed by atoms with Gasteiger partial charge in [0.1, 0.15) is 11.5 Å². The monoisotopic (exact) mass is 237 g/mol. The smallest absolute Gasteiger partial charge is 0.312 e. The molecule has 1 aromatic rings. The summed E-state index contributed by atoms with van der Waals surface area (Å²) in [6.45, 7) is 1.72. The molecule has 1 aromatic heterocycles. The van der Waals surface area contributed by atoms with Crippen molar-refractivity contribution in [2.45, 2.75) is 13.1 Å². The fourth-order valence-corrected chi connectivity index (χ4v) is 1.73. The van der Waals surface area contributed by atoms with Gasteiger partial charge in [-0.15, -0.1) is 0 Å². The Morgan fingerprint density at radius 3 is 2.59 bits per heavy atom. The Balaban J connectivity index is 2.04. The van der Waals surface area contributed by atoms with E-state index in [-0.39, 0.29) is 0 Å². The van der Waals surface area contributed by atoms with E-state index in [9.17, 15) is 9.59 Å². The minimum Gasteiger partial charge on any atom is -0.463 e. The first-order chi connectivity index (χ1) is 8.11. The zero-order valence-corrected chi connectivity index (χ0v) is 9.68. The van der Waals surface area contributed by atoms with Crippen molar-refractivity contribution in [3.05, 3.63) is 23.7 Å². The molecule has 0 radical (unpaired) electrons. The summed E-state index contributed by atoms with van der Waals surface area (Å²) in [7, 11) is 1.62. The lowest BCUT2D eigenvalue weighted by molar-refractivity contribution is -0.155. The molecular formula is C11H15N3O3. The van der Waals surface area contributed by atoms with Crippen molar-refractivity contribution in [1.29, 1.82) is 0 Å². The van der Waals surface area contributed by atoms with Gasteiger partial charge in [-0.05, 0) is 12.1 Å². The lowest BCUT2D eigenvalue weighted by Crippen LogP contribution is -2.52. The largest absolute Gasteiger partial charge is 0.463 e. The van der Waals surface area contributed by atoms with Crippen molar-refractivity contribution in [2.24, 2.45) is 5.73 Å². The second-order valence-corrected chi connectivity index (χ2v) is 4.03. The van der Waals surface area contributed by atoms with Gasteiger partial charge in [0.2, 0.25) is 0 Å². The number of carbonyl (C=O) groups excluding carboxylic acids is 2. The number of likely N-dealkylation sites (N-methyl/N-ethyl adjacent to an activating group) is 1. The molecule has 1 aliphatic rings. The summed E-state index contributed by atoms with van der Waals surface area (Å²) in [4.78, 5) is 26.1. The molecule has 1 fully saturated rings. The van der Waals surface area contributed by atoms with E-state index >= 15 is 0 Å². The van der Waals surface area contributed by atoms with Crippen LogP contribution in [0.4, 0.5) is 0 Å². The second kappa shape index (κ2) is 4.58. The highest BCUT2D eigenvalue weighted by Gasteiger charge is 2.30. The third-order valence-electron chi connectivity index (χ3n) is 2.79. The molecule has 0 saturated carbocycles. The Morgan fingerprint density at radius 1 is 1.24 bits per heavy atom. The zero-order chi connectivity index (χ0) is 12.4. The van der Waals surface area contributed by atoms with Crippen LogP contribution in [0.2, 0.25) is 0 Å². The van der Waals surface area contributed by atoms with Crippen molar-refractivity contribution in [3.8, 4) is 0 Å². The molecule has 2 heterocycles. The van der Waals surface area contributed by atoms with Gasteiger partial charge in [0, 0.05) is 20.1 Å². The molecule has 0 bridgehead atoms. The van der Waals surface area contributed by atoms with Crippen molar-refractivity contribution in [1.82, 2.24) is 9.80 Å². The summed E-state index contributed by atoms with van der Waals surface area (Å²) in [5, 5.41) is 0. The first-order valence-electron chi connectivity index (χ1n) is 5.44. The topological polar surface area (TPSA) is 79.8 Å². The summed E-state index contributed by atoms with van der Waals surface area (Å²) in [6.07, 6.45) is 0. The molecule has 0 unspecified atom stereocenters. The summed E-state index contributed by atoms with van der Waals surface area (Å²) in [6, 6.07) is 3.55. The molecule has 6 heteroatoms. The Labute approximate surface area is 99.0 Å². The molecule has 1 saturated heterocycles. The summed E-state index contributed by atoms with van der Waals surface area (Å²) >= 11 is 0. The highest BCUT2D eigenvalue weighted by Crippen LogP contribution is 2.12. The molecule has 1 aliphatic heterocycles. The van der Waals surface area contributed by atoms with Gasteiger partial charge in [-0.1, -0.05) is 0 Å². The maximum Gasteiger partial charge on any atom is 0.312 e. The number of furan rings is 1. The van der Waals surface area contributed by atoms with Crippen LogP contribution in [-0.4, -0.2) is 41.8 Å². The summed E-state index contributed by atoms with van der Waals surface area (Å²) in [5.74, 6) is 0.371. The van der Waals surface area contributed by atoms with E-state index in [4.69, 9.17) is 10.2 Å². The number of nitrogens with two attached hydrogens (primary N) is 1. The van der Waals surface area contributed by atoms with Crippen LogP contribution in [-0.2, 0) is 22.7 Å². The van der Waals surface area contributed by atoms with Crippen LogP contribution in [0.25, 0.3) is 0 Å². The first kappa shape index (κ1) is 11.7. The van der Waals surface area contributed by atoms with E-state index in [1.165, 1.54) is 9.80 Å². The minimum atomic E-state index is -0.482. The van der Waals surface area contributed by atoms with Crippen molar-refractivity contribution in [3.63, 3.8) is 0 Å². The summed E-state index contributed by atoms with van der Waals surface area (Å²) < 4.78 is 5.40. The van der Waals surface area contributed by atoms with Gasteiger partial charge in [0.05, 0.1) is 13.1 Å². The SMILES string of the molecule is CN1CCN(Cc2ccc(CN)o2)C(=O)C1=O. The van der Waals surface area contributed by atoms with Crippen LogP contribution < -0.4 is 5.73 Å². The maximum atomic E-state index is 11.7. The predicted octanol–water partition coefficient (Wildman–Crippen LogP) is -0.461. The standard InChI is InChI=1S/C11H15N3O3/c1-13-4-5-14(11(16)10(13)15)7-9-3-2-8(6-12)17-9/h2-3H,4-7,12H2,1H3. The lowest BCUT2D eigenvalue weighted by Gasteiger charge is -2.30. The molecule has 2 rings (SSSR count). The predicted molar refractivity (Wildman–Crippen MR) is 59.7 cm³/mol. The van der Waals surface area contributed by atoms with Crippen molar-refractivity contribution < 1.29 is 14.0 Å². The highest BCUT2D eigenvalue weighted by molar-refractivity contribution is 6.35. The van der Waals surface area contributed by atoms with Gasteiger partial charge >= 0.3 is 11.8 Å². The van der Waals surface area contributed by atoms with E-state index < -0.39 is 11.8 Å². The van der Waals surface area contributed by atoms with Crippen LogP contribution in [0, 0.1) is 0 Å². The fourth-order valence-electron chi connectivity index (χ4n) is 1.73. The molecule has 0 spiro atoms. The molecule has 2 N–H and O–H groups in total. The van der Waals surface area contributed by atoms with Crippen molar-refractivity contribution in [2.75, 3.05) is 20.1 Å². The van der Waals surface area contributed by atoms with Crippen LogP contribution in [0.1, 0.15) is 11.5 Å². The fraction of sp³-hybridized carbons (Fsp3) is 0.455. The average molecular weight is 237 g/mol. The number of rotatable bonds is 3. The number of nitrogens with zero attached hydrogens (tertiary/aromatic N) is 2. The van der Waals surface area contributed by atoms with Crippen LogP contribution >= 0.6 is 0 Å². The number of hydrogen-bond acceptors (Lipinski definition) is 4. The number of piperazine rings is 1. The third-order valence-corrected chi connectivity index (χ3v) is 2.79. The molecule has 17 heavy (non-hydrogen) atoms.